The molecule has 100 valence electrons. The summed E-state index contributed by atoms with van der Waals surface area (Å²) in [6, 6.07) is 11.7. The van der Waals surface area contributed by atoms with Crippen molar-refractivity contribution in [3.05, 3.63) is 47.7 Å². The molecule has 1 aromatic carbocycles. The van der Waals surface area contributed by atoms with E-state index in [1.165, 1.54) is 0 Å². The van der Waals surface area contributed by atoms with Crippen LogP contribution in [0, 0.1) is 11.3 Å². The summed E-state index contributed by atoms with van der Waals surface area (Å²) in [4.78, 5) is 4.23. The normalized spacial score (nSPS) is 16.6. The second-order valence-electron chi connectivity index (χ2n) is 4.60. The number of rotatable bonds is 2. The number of nitrogens with two attached hydrogens (primary N) is 1. The Balaban J connectivity index is 1.92. The minimum Gasteiger partial charge on any atom is -0.493 e. The fourth-order valence-electron chi connectivity index (χ4n) is 2.34. The summed E-state index contributed by atoms with van der Waals surface area (Å²) in [5.41, 5.74) is 7.86. The Bertz CT molecular complexity index is 678. The van der Waals surface area contributed by atoms with Crippen LogP contribution in [0.4, 0.5) is 11.5 Å². The SMILES string of the molecule is N#Cc1ccnc(NC2CCOc3ccccc32)c1N. The topological polar surface area (TPSA) is 84.0 Å². The lowest BCUT2D eigenvalue weighted by Gasteiger charge is -2.27. The molecule has 5 nitrogen and oxygen atoms in total. The van der Waals surface area contributed by atoms with Crippen molar-refractivity contribution in [1.29, 1.82) is 5.26 Å². The van der Waals surface area contributed by atoms with E-state index in [-0.39, 0.29) is 6.04 Å². The van der Waals surface area contributed by atoms with E-state index >= 15 is 0 Å². The third-order valence-corrected chi connectivity index (χ3v) is 3.38. The minimum atomic E-state index is 0.0868. The van der Waals surface area contributed by atoms with Gasteiger partial charge in [0.15, 0.2) is 5.82 Å². The van der Waals surface area contributed by atoms with Crippen molar-refractivity contribution in [2.75, 3.05) is 17.7 Å². The molecule has 2 heterocycles. The molecule has 0 amide bonds. The molecule has 0 saturated carbocycles. The van der Waals surface area contributed by atoms with Gasteiger partial charge in [0.2, 0.25) is 0 Å². The number of pyridine rings is 1. The first-order valence-corrected chi connectivity index (χ1v) is 6.42. The van der Waals surface area contributed by atoms with Crippen molar-refractivity contribution >= 4 is 11.5 Å². The number of benzene rings is 1. The van der Waals surface area contributed by atoms with Crippen molar-refractivity contribution in [1.82, 2.24) is 4.98 Å². The molecule has 0 fully saturated rings. The second-order valence-corrected chi connectivity index (χ2v) is 4.60. The van der Waals surface area contributed by atoms with E-state index in [0.717, 1.165) is 17.7 Å². The van der Waals surface area contributed by atoms with E-state index in [9.17, 15) is 0 Å². The first-order chi connectivity index (χ1) is 9.79. The lowest BCUT2D eigenvalue weighted by atomic mass is 10.0. The van der Waals surface area contributed by atoms with Crippen molar-refractivity contribution in [3.63, 3.8) is 0 Å². The molecule has 0 aliphatic carbocycles. The largest absolute Gasteiger partial charge is 0.493 e. The molecular formula is C15H14N4O. The van der Waals surface area contributed by atoms with Gasteiger partial charge in [-0.1, -0.05) is 18.2 Å². The van der Waals surface area contributed by atoms with Gasteiger partial charge in [-0.15, -0.1) is 0 Å². The first kappa shape index (κ1) is 12.3. The maximum absolute atomic E-state index is 9.00. The Kier molecular flexibility index (Phi) is 3.13. The summed E-state index contributed by atoms with van der Waals surface area (Å²) in [5.74, 6) is 1.43. The van der Waals surface area contributed by atoms with Gasteiger partial charge in [-0.25, -0.2) is 4.98 Å². The average Bonchev–Trinajstić information content (AvgIpc) is 2.50. The Morgan fingerprint density at radius 2 is 2.20 bits per heavy atom. The highest BCUT2D eigenvalue weighted by Gasteiger charge is 2.22. The fourth-order valence-corrected chi connectivity index (χ4v) is 2.34. The quantitative estimate of drug-likeness (QED) is 0.872. The van der Waals surface area contributed by atoms with Gasteiger partial charge in [-0.05, 0) is 12.1 Å². The number of hydrogen-bond acceptors (Lipinski definition) is 5. The molecule has 1 aliphatic heterocycles. The molecule has 0 bridgehead atoms. The van der Waals surface area contributed by atoms with Crippen LogP contribution < -0.4 is 15.8 Å². The van der Waals surface area contributed by atoms with Crippen LogP contribution in [0.15, 0.2) is 36.5 Å². The van der Waals surface area contributed by atoms with Gasteiger partial charge >= 0.3 is 0 Å². The summed E-state index contributed by atoms with van der Waals surface area (Å²) in [6.45, 7) is 0.645. The number of hydrogen-bond donors (Lipinski definition) is 2. The molecular weight excluding hydrogens is 252 g/mol. The molecule has 1 aromatic heterocycles. The average molecular weight is 266 g/mol. The summed E-state index contributed by atoms with van der Waals surface area (Å²) < 4.78 is 5.62. The Morgan fingerprint density at radius 3 is 3.05 bits per heavy atom. The van der Waals surface area contributed by atoms with Crippen molar-refractivity contribution in [3.8, 4) is 11.8 Å². The monoisotopic (exact) mass is 266 g/mol. The van der Waals surface area contributed by atoms with Crippen LogP contribution in [0.1, 0.15) is 23.6 Å². The van der Waals surface area contributed by atoms with Crippen LogP contribution in [-0.2, 0) is 0 Å². The third-order valence-electron chi connectivity index (χ3n) is 3.38. The number of nitrogens with zero attached hydrogens (tertiary/aromatic N) is 2. The standard InChI is InChI=1S/C15H14N4O/c16-9-10-5-7-18-15(14(10)17)19-12-6-8-20-13-4-2-1-3-11(12)13/h1-5,7,12H,6,8,17H2,(H,18,19). The maximum Gasteiger partial charge on any atom is 0.151 e. The number of ether oxygens (including phenoxy) is 1. The highest BCUT2D eigenvalue weighted by molar-refractivity contribution is 5.69. The third kappa shape index (κ3) is 2.12. The van der Waals surface area contributed by atoms with Gasteiger partial charge in [-0.3, -0.25) is 0 Å². The van der Waals surface area contributed by atoms with Gasteiger partial charge < -0.3 is 15.8 Å². The molecule has 1 atom stereocenters. The summed E-state index contributed by atoms with van der Waals surface area (Å²) >= 11 is 0. The fraction of sp³-hybridized carbons (Fsp3) is 0.200. The van der Waals surface area contributed by atoms with Gasteiger partial charge in [0.1, 0.15) is 11.8 Å². The van der Waals surface area contributed by atoms with Gasteiger partial charge in [0.05, 0.1) is 23.9 Å². The summed E-state index contributed by atoms with van der Waals surface area (Å²) in [7, 11) is 0. The number of fused-ring (bicyclic) bond motifs is 1. The number of nitrogen functional groups attached to an aromatic ring is 1. The predicted octanol–water partition coefficient (Wildman–Crippen LogP) is 2.47. The van der Waals surface area contributed by atoms with Gasteiger partial charge in [0.25, 0.3) is 0 Å². The number of anilines is 2. The highest BCUT2D eigenvalue weighted by Crippen LogP contribution is 2.34. The molecule has 5 heteroatoms. The lowest BCUT2D eigenvalue weighted by Crippen LogP contribution is -2.21. The van der Waals surface area contributed by atoms with Crippen LogP contribution in [0.2, 0.25) is 0 Å². The van der Waals surface area contributed by atoms with Gasteiger partial charge in [-0.2, -0.15) is 5.26 Å². The zero-order chi connectivity index (χ0) is 13.9. The van der Waals surface area contributed by atoms with Crippen LogP contribution >= 0.6 is 0 Å². The minimum absolute atomic E-state index is 0.0868. The molecule has 3 N–H and O–H groups in total. The van der Waals surface area contributed by atoms with Crippen LogP contribution in [0.5, 0.6) is 5.75 Å². The summed E-state index contributed by atoms with van der Waals surface area (Å²) in [5, 5.41) is 12.3. The van der Waals surface area contributed by atoms with Gasteiger partial charge in [0, 0.05) is 18.2 Å². The molecule has 3 rings (SSSR count). The van der Waals surface area contributed by atoms with Crippen molar-refractivity contribution in [2.24, 2.45) is 0 Å². The molecule has 0 saturated heterocycles. The zero-order valence-corrected chi connectivity index (χ0v) is 10.8. The number of aromatic nitrogens is 1. The maximum atomic E-state index is 9.00. The Morgan fingerprint density at radius 1 is 1.35 bits per heavy atom. The Labute approximate surface area is 117 Å². The van der Waals surface area contributed by atoms with E-state index in [1.807, 2.05) is 24.3 Å². The zero-order valence-electron chi connectivity index (χ0n) is 10.8. The molecule has 1 unspecified atom stereocenters. The molecule has 2 aromatic rings. The number of nitrogens with one attached hydrogen (secondary N) is 1. The molecule has 0 spiro atoms. The molecule has 1 aliphatic rings. The van der Waals surface area contributed by atoms with Crippen LogP contribution in [-0.4, -0.2) is 11.6 Å². The Hall–Kier alpha value is -2.74. The van der Waals surface area contributed by atoms with Crippen molar-refractivity contribution in [2.45, 2.75) is 12.5 Å². The van der Waals surface area contributed by atoms with E-state index < -0.39 is 0 Å². The van der Waals surface area contributed by atoms with Crippen molar-refractivity contribution < 1.29 is 4.74 Å². The summed E-state index contributed by atoms with van der Waals surface area (Å²) in [6.07, 6.45) is 2.41. The second kappa shape index (κ2) is 5.10. The highest BCUT2D eigenvalue weighted by atomic mass is 16.5. The van der Waals surface area contributed by atoms with E-state index in [4.69, 9.17) is 15.7 Å². The number of nitriles is 1. The smallest absolute Gasteiger partial charge is 0.151 e. The van der Waals surface area contributed by atoms with Crippen LogP contribution in [0.3, 0.4) is 0 Å². The number of para-hydroxylation sites is 1. The molecule has 20 heavy (non-hydrogen) atoms. The first-order valence-electron chi connectivity index (χ1n) is 6.42. The van der Waals surface area contributed by atoms with E-state index in [0.29, 0.717) is 23.7 Å². The van der Waals surface area contributed by atoms with E-state index in [1.54, 1.807) is 12.3 Å². The van der Waals surface area contributed by atoms with E-state index in [2.05, 4.69) is 16.4 Å². The molecule has 0 radical (unpaired) electrons. The lowest BCUT2D eigenvalue weighted by molar-refractivity contribution is 0.274. The predicted molar refractivity (Wildman–Crippen MR) is 76.3 cm³/mol. The van der Waals surface area contributed by atoms with Crippen LogP contribution in [0.25, 0.3) is 0 Å².